The summed E-state index contributed by atoms with van der Waals surface area (Å²) in [4.78, 5) is 0. The molecule has 0 atom stereocenters. The van der Waals surface area contributed by atoms with Crippen LogP contribution in [0.3, 0.4) is 0 Å². The van der Waals surface area contributed by atoms with Gasteiger partial charge in [-0.3, -0.25) is 0 Å². The fraction of sp³-hybridized carbons (Fsp3) is 0.400. The number of halogens is 3. The molecule has 74 valence electrons. The second-order valence-corrected chi connectivity index (χ2v) is 3.30. The fourth-order valence-corrected chi connectivity index (χ4v) is 1.02. The minimum Gasteiger partial charge on any atom is -0.212 e. The normalized spacial score (nSPS) is 15.5. The van der Waals surface area contributed by atoms with Gasteiger partial charge in [0.05, 0.1) is 5.03 Å². The van der Waals surface area contributed by atoms with E-state index < -0.39 is 5.83 Å². The summed E-state index contributed by atoms with van der Waals surface area (Å²) in [6.45, 7) is 5.73. The van der Waals surface area contributed by atoms with Gasteiger partial charge in [-0.15, -0.1) is 0 Å². The molecule has 0 fully saturated rings. The molecule has 0 aliphatic carbocycles. The van der Waals surface area contributed by atoms with E-state index >= 15 is 0 Å². The van der Waals surface area contributed by atoms with Crippen LogP contribution in [-0.2, 0) is 0 Å². The zero-order chi connectivity index (χ0) is 10.4. The molecule has 0 nitrogen and oxygen atoms in total. The fourth-order valence-electron chi connectivity index (χ4n) is 0.851. The van der Waals surface area contributed by atoms with Crippen molar-refractivity contribution in [1.29, 1.82) is 0 Å². The summed E-state index contributed by atoms with van der Waals surface area (Å²) < 4.78 is 24.3. The molecule has 0 N–H and O–H groups in total. The minimum absolute atomic E-state index is 0.146. The first-order chi connectivity index (χ1) is 6.02. The first-order valence-electron chi connectivity index (χ1n) is 4.02. The first-order valence-corrected chi connectivity index (χ1v) is 4.40. The maximum atomic E-state index is 12.5. The Hall–Kier alpha value is -0.630. The van der Waals surface area contributed by atoms with Crippen LogP contribution in [0.25, 0.3) is 0 Å². The molecular formula is C10H13ClF2. The Morgan fingerprint density at radius 2 is 1.92 bits per heavy atom. The second kappa shape index (κ2) is 5.92. The van der Waals surface area contributed by atoms with Gasteiger partial charge in [0.25, 0.3) is 0 Å². The summed E-state index contributed by atoms with van der Waals surface area (Å²) >= 11 is 5.49. The van der Waals surface area contributed by atoms with Crippen LogP contribution in [0.2, 0.25) is 0 Å². The van der Waals surface area contributed by atoms with Crippen LogP contribution in [0, 0.1) is 5.92 Å². The van der Waals surface area contributed by atoms with Crippen LogP contribution < -0.4 is 0 Å². The van der Waals surface area contributed by atoms with E-state index in [-0.39, 0.29) is 17.3 Å². The van der Waals surface area contributed by atoms with E-state index in [4.69, 9.17) is 11.6 Å². The van der Waals surface area contributed by atoms with Crippen LogP contribution >= 0.6 is 11.6 Å². The molecule has 3 heteroatoms. The predicted molar refractivity (Wildman–Crippen MR) is 52.8 cm³/mol. The average molecular weight is 207 g/mol. The van der Waals surface area contributed by atoms with Crippen molar-refractivity contribution in [3.63, 3.8) is 0 Å². The topological polar surface area (TPSA) is 0 Å². The molecule has 0 aromatic rings. The molecule has 0 amide bonds. The van der Waals surface area contributed by atoms with Crippen molar-refractivity contribution >= 4 is 11.6 Å². The Balaban J connectivity index is 4.73. The van der Waals surface area contributed by atoms with Gasteiger partial charge < -0.3 is 0 Å². The summed E-state index contributed by atoms with van der Waals surface area (Å²) in [5, 5.41) is -0.204. The molecule has 0 unspecified atom stereocenters. The Bertz CT molecular complexity index is 250. The average Bonchev–Trinajstić information content (AvgIpc) is 2.11. The highest BCUT2D eigenvalue weighted by Crippen LogP contribution is 2.21. The Kier molecular flexibility index (Phi) is 5.63. The van der Waals surface area contributed by atoms with E-state index in [1.54, 1.807) is 0 Å². The van der Waals surface area contributed by atoms with Crippen LogP contribution in [0.4, 0.5) is 8.78 Å². The summed E-state index contributed by atoms with van der Waals surface area (Å²) in [5.41, 5.74) is 0.877. The lowest BCUT2D eigenvalue weighted by Gasteiger charge is -2.05. The van der Waals surface area contributed by atoms with E-state index in [2.05, 4.69) is 0 Å². The number of hydrogen-bond donors (Lipinski definition) is 0. The van der Waals surface area contributed by atoms with E-state index in [0.29, 0.717) is 0 Å². The molecule has 0 bridgehead atoms. The minimum atomic E-state index is -1.04. The van der Waals surface area contributed by atoms with Gasteiger partial charge in [0, 0.05) is 0 Å². The van der Waals surface area contributed by atoms with E-state index in [1.807, 2.05) is 26.8 Å². The summed E-state index contributed by atoms with van der Waals surface area (Å²) in [5.74, 6) is -0.798. The molecule has 0 aliphatic rings. The zero-order valence-electron chi connectivity index (χ0n) is 7.94. The third kappa shape index (κ3) is 4.23. The molecule has 13 heavy (non-hydrogen) atoms. The van der Waals surface area contributed by atoms with Gasteiger partial charge >= 0.3 is 0 Å². The smallest absolute Gasteiger partial charge is 0.169 e. The lowest BCUT2D eigenvalue weighted by Crippen LogP contribution is -1.90. The maximum Gasteiger partial charge on any atom is 0.169 e. The second-order valence-electron chi connectivity index (χ2n) is 2.89. The number of hydrogen-bond acceptors (Lipinski definition) is 0. The Morgan fingerprint density at radius 3 is 2.23 bits per heavy atom. The van der Waals surface area contributed by atoms with E-state index in [0.717, 1.165) is 5.57 Å². The summed E-state index contributed by atoms with van der Waals surface area (Å²) in [6.07, 6.45) is 3.10. The SMILES string of the molecule is C\C=C(/C=C(Cl)\C(F)=C\F)C(C)C. The number of allylic oxidation sites excluding steroid dienone is 5. The van der Waals surface area contributed by atoms with Gasteiger partial charge in [0.1, 0.15) is 6.33 Å². The third-order valence-electron chi connectivity index (χ3n) is 1.62. The molecular weight excluding hydrogens is 194 g/mol. The van der Waals surface area contributed by atoms with Crippen molar-refractivity contribution < 1.29 is 8.78 Å². The third-order valence-corrected chi connectivity index (χ3v) is 1.91. The maximum absolute atomic E-state index is 12.5. The molecule has 0 rings (SSSR count). The van der Waals surface area contributed by atoms with Gasteiger partial charge in [-0.05, 0) is 24.5 Å². The quantitative estimate of drug-likeness (QED) is 0.597. The van der Waals surface area contributed by atoms with Crippen molar-refractivity contribution in [3.8, 4) is 0 Å². The van der Waals surface area contributed by atoms with E-state index in [9.17, 15) is 8.78 Å². The van der Waals surface area contributed by atoms with Gasteiger partial charge in [0.2, 0.25) is 0 Å². The highest BCUT2D eigenvalue weighted by atomic mass is 35.5. The lowest BCUT2D eigenvalue weighted by molar-refractivity contribution is 0.602. The molecule has 0 aromatic carbocycles. The molecule has 0 saturated heterocycles. The Morgan fingerprint density at radius 1 is 1.38 bits per heavy atom. The van der Waals surface area contributed by atoms with Crippen LogP contribution in [0.1, 0.15) is 20.8 Å². The van der Waals surface area contributed by atoms with Gasteiger partial charge in [-0.1, -0.05) is 31.5 Å². The van der Waals surface area contributed by atoms with Crippen molar-refractivity contribution in [1.82, 2.24) is 0 Å². The highest BCUT2D eigenvalue weighted by Gasteiger charge is 2.04. The molecule has 0 saturated carbocycles. The van der Waals surface area contributed by atoms with Gasteiger partial charge in [-0.2, -0.15) is 0 Å². The standard InChI is InChI=1S/C10H13ClF2/c1-4-8(7(2)3)5-9(11)10(13)6-12/h4-7H,1-3H3/b8-4+,9-5+,10-6-. The number of rotatable bonds is 3. The molecule has 0 aromatic heterocycles. The largest absolute Gasteiger partial charge is 0.212 e. The van der Waals surface area contributed by atoms with Crippen molar-refractivity contribution in [2.24, 2.45) is 5.92 Å². The molecule has 0 aliphatic heterocycles. The van der Waals surface area contributed by atoms with Gasteiger partial charge in [-0.25, -0.2) is 8.78 Å². The lowest BCUT2D eigenvalue weighted by atomic mass is 10.0. The molecule has 0 radical (unpaired) electrons. The van der Waals surface area contributed by atoms with Crippen LogP contribution in [0.15, 0.2) is 34.9 Å². The first kappa shape index (κ1) is 12.4. The summed E-state index contributed by atoms with van der Waals surface area (Å²) in [6, 6.07) is 0. The Labute approximate surface area is 82.6 Å². The molecule has 0 spiro atoms. The van der Waals surface area contributed by atoms with Crippen LogP contribution in [-0.4, -0.2) is 0 Å². The summed E-state index contributed by atoms with van der Waals surface area (Å²) in [7, 11) is 0. The zero-order valence-corrected chi connectivity index (χ0v) is 8.70. The molecule has 0 heterocycles. The van der Waals surface area contributed by atoms with Crippen molar-refractivity contribution in [3.05, 3.63) is 34.9 Å². The highest BCUT2D eigenvalue weighted by molar-refractivity contribution is 6.31. The van der Waals surface area contributed by atoms with Crippen LogP contribution in [0.5, 0.6) is 0 Å². The van der Waals surface area contributed by atoms with Crippen molar-refractivity contribution in [2.45, 2.75) is 20.8 Å². The van der Waals surface area contributed by atoms with Crippen molar-refractivity contribution in [2.75, 3.05) is 0 Å². The van der Waals surface area contributed by atoms with E-state index in [1.165, 1.54) is 6.08 Å². The predicted octanol–water partition coefficient (Wildman–Crippen LogP) is 4.49. The monoisotopic (exact) mass is 206 g/mol. The van der Waals surface area contributed by atoms with Gasteiger partial charge in [0.15, 0.2) is 5.83 Å².